The Bertz CT molecular complexity index is 2780. The van der Waals surface area contributed by atoms with Crippen LogP contribution >= 0.6 is 15.6 Å². The van der Waals surface area contributed by atoms with E-state index in [0.29, 0.717) is 38.5 Å². The Kier molecular flexibility index (Phi) is 72.6. The lowest BCUT2D eigenvalue weighted by molar-refractivity contribution is -0.161. The third-order valence-electron chi connectivity index (χ3n) is 15.6. The zero-order chi connectivity index (χ0) is 77.4. The van der Waals surface area contributed by atoms with Gasteiger partial charge in [0.05, 0.1) is 26.4 Å². The highest BCUT2D eigenvalue weighted by molar-refractivity contribution is 7.47. The molecule has 0 aliphatic rings. The number of ether oxygens (including phenoxy) is 4. The SMILES string of the molecule is CC/C=C\C/C=C\C/C=C\C/C=C\C/C=C\C/C=C\CCC(=O)OCC(COP(=O)(O)OCC(O)COP(=O)(O)OCC(COC(=O)CCCCCCCCC/C=C\C/C=C\C/C=C\CC)OC(=O)CCCC/C=C\C/C=C\C/C=C\C/C=C\CC)OC(=O)CCCCCCC/C=C\C/C=C\C/C=C\CC. The van der Waals surface area contributed by atoms with Crippen molar-refractivity contribution in [3.63, 3.8) is 0 Å². The number of rotatable bonds is 72. The molecule has 0 heterocycles. The van der Waals surface area contributed by atoms with E-state index in [-0.39, 0.29) is 25.7 Å². The fraction of sp³-hybridized carbons (Fsp3) is 0.586. The molecule has 598 valence electrons. The smallest absolute Gasteiger partial charge is 0.462 e. The number of carbonyl (C=O) groups is 4. The van der Waals surface area contributed by atoms with E-state index in [9.17, 15) is 43.2 Å². The summed E-state index contributed by atoms with van der Waals surface area (Å²) in [7, 11) is -10.0. The number of phosphoric ester groups is 2. The van der Waals surface area contributed by atoms with Crippen LogP contribution in [0.3, 0.4) is 0 Å². The number of phosphoric acid groups is 2. The van der Waals surface area contributed by atoms with Crippen molar-refractivity contribution in [2.24, 2.45) is 0 Å². The Labute approximate surface area is 640 Å². The molecule has 0 aromatic carbocycles. The number of hydrogen-bond donors (Lipinski definition) is 3. The van der Waals surface area contributed by atoms with Gasteiger partial charge >= 0.3 is 39.5 Å². The number of esters is 4. The van der Waals surface area contributed by atoms with E-state index in [1.54, 1.807) is 0 Å². The fourth-order valence-electron chi connectivity index (χ4n) is 9.68. The summed E-state index contributed by atoms with van der Waals surface area (Å²) < 4.78 is 68.5. The quantitative estimate of drug-likeness (QED) is 0.0169. The molecule has 0 saturated carbocycles. The van der Waals surface area contributed by atoms with Gasteiger partial charge in [0.25, 0.3) is 0 Å². The second-order valence-electron chi connectivity index (χ2n) is 25.5. The molecule has 3 N–H and O–H groups in total. The molecular formula is C87H138O17P2. The average molecular weight is 1520 g/mol. The van der Waals surface area contributed by atoms with Crippen LogP contribution in [0.1, 0.15) is 272 Å². The van der Waals surface area contributed by atoms with Crippen LogP contribution in [0.4, 0.5) is 0 Å². The highest BCUT2D eigenvalue weighted by atomic mass is 31.2. The second-order valence-corrected chi connectivity index (χ2v) is 28.4. The van der Waals surface area contributed by atoms with Crippen molar-refractivity contribution in [1.82, 2.24) is 0 Å². The van der Waals surface area contributed by atoms with Gasteiger partial charge in [-0.2, -0.15) is 0 Å². The molecule has 0 fully saturated rings. The first-order valence-corrected chi connectivity index (χ1v) is 42.7. The van der Waals surface area contributed by atoms with E-state index in [2.05, 4.69) is 204 Å². The summed E-state index contributed by atoms with van der Waals surface area (Å²) >= 11 is 0. The van der Waals surface area contributed by atoms with Gasteiger partial charge in [0.2, 0.25) is 0 Å². The van der Waals surface area contributed by atoms with Gasteiger partial charge in [0.1, 0.15) is 19.3 Å². The Hall–Kier alpha value is -6.10. The molecule has 0 aliphatic carbocycles. The summed E-state index contributed by atoms with van der Waals surface area (Å²) in [6.07, 6.45) is 94.3. The van der Waals surface area contributed by atoms with E-state index >= 15 is 0 Å². The minimum atomic E-state index is -5.01. The molecular weight excluding hydrogens is 1380 g/mol. The van der Waals surface area contributed by atoms with E-state index in [1.165, 1.54) is 0 Å². The van der Waals surface area contributed by atoms with Crippen LogP contribution in [0.25, 0.3) is 0 Å². The summed E-state index contributed by atoms with van der Waals surface area (Å²) in [6, 6.07) is 0. The summed E-state index contributed by atoms with van der Waals surface area (Å²) in [4.78, 5) is 73.0. The topological polar surface area (TPSA) is 237 Å². The van der Waals surface area contributed by atoms with Crippen molar-refractivity contribution in [1.29, 1.82) is 0 Å². The third kappa shape index (κ3) is 76.1. The number of unbranched alkanes of at least 4 members (excludes halogenated alkanes) is 14. The van der Waals surface area contributed by atoms with Gasteiger partial charge in [-0.05, 0) is 167 Å². The maximum atomic E-state index is 13.1. The van der Waals surface area contributed by atoms with Crippen molar-refractivity contribution in [3.8, 4) is 0 Å². The maximum Gasteiger partial charge on any atom is 0.472 e. The lowest BCUT2D eigenvalue weighted by Crippen LogP contribution is -2.30. The Morgan fingerprint density at radius 3 is 0.783 bits per heavy atom. The fourth-order valence-corrected chi connectivity index (χ4v) is 11.3. The first-order valence-electron chi connectivity index (χ1n) is 39.7. The van der Waals surface area contributed by atoms with Crippen LogP contribution < -0.4 is 0 Å². The Balaban J connectivity index is 5.50. The molecule has 0 bridgehead atoms. The first kappa shape index (κ1) is 99.9. The van der Waals surface area contributed by atoms with E-state index in [0.717, 1.165) is 180 Å². The van der Waals surface area contributed by atoms with Crippen LogP contribution in [-0.2, 0) is 65.4 Å². The van der Waals surface area contributed by atoms with Gasteiger partial charge in [0.15, 0.2) is 12.2 Å². The summed E-state index contributed by atoms with van der Waals surface area (Å²) in [5.74, 6) is -2.37. The van der Waals surface area contributed by atoms with Crippen molar-refractivity contribution in [3.05, 3.63) is 194 Å². The summed E-state index contributed by atoms with van der Waals surface area (Å²) in [6.45, 7) is 4.23. The van der Waals surface area contributed by atoms with Gasteiger partial charge in [-0.15, -0.1) is 0 Å². The van der Waals surface area contributed by atoms with Crippen LogP contribution in [0, 0.1) is 0 Å². The van der Waals surface area contributed by atoms with Crippen LogP contribution in [0.2, 0.25) is 0 Å². The third-order valence-corrected chi connectivity index (χ3v) is 17.5. The maximum absolute atomic E-state index is 13.1. The molecule has 0 aliphatic heterocycles. The highest BCUT2D eigenvalue weighted by Gasteiger charge is 2.30. The normalized spacial score (nSPS) is 14.9. The molecule has 0 aromatic rings. The summed E-state index contributed by atoms with van der Waals surface area (Å²) in [5.41, 5.74) is 0. The minimum absolute atomic E-state index is 0.0237. The molecule has 0 amide bonds. The number of hydrogen-bond acceptors (Lipinski definition) is 15. The zero-order valence-corrected chi connectivity index (χ0v) is 67.1. The predicted molar refractivity (Wildman–Crippen MR) is 436 cm³/mol. The van der Waals surface area contributed by atoms with E-state index < -0.39 is 97.5 Å². The monoisotopic (exact) mass is 1520 g/mol. The van der Waals surface area contributed by atoms with Gasteiger partial charge in [-0.1, -0.05) is 273 Å². The highest BCUT2D eigenvalue weighted by Crippen LogP contribution is 2.45. The van der Waals surface area contributed by atoms with Crippen LogP contribution in [0.5, 0.6) is 0 Å². The molecule has 0 spiro atoms. The van der Waals surface area contributed by atoms with Gasteiger partial charge in [-0.3, -0.25) is 37.3 Å². The molecule has 0 radical (unpaired) electrons. The molecule has 5 unspecified atom stereocenters. The lowest BCUT2D eigenvalue weighted by atomic mass is 10.1. The molecule has 0 rings (SSSR count). The van der Waals surface area contributed by atoms with Crippen molar-refractivity contribution < 1.29 is 80.2 Å². The van der Waals surface area contributed by atoms with Gasteiger partial charge in [0, 0.05) is 25.7 Å². The predicted octanol–water partition coefficient (Wildman–Crippen LogP) is 23.3. The lowest BCUT2D eigenvalue weighted by Gasteiger charge is -2.21. The molecule has 0 aromatic heterocycles. The van der Waals surface area contributed by atoms with Crippen molar-refractivity contribution >= 4 is 39.5 Å². The van der Waals surface area contributed by atoms with Crippen LogP contribution in [0.15, 0.2) is 194 Å². The Morgan fingerprint density at radius 1 is 0.264 bits per heavy atom. The summed E-state index contributed by atoms with van der Waals surface area (Å²) in [5, 5.41) is 10.6. The minimum Gasteiger partial charge on any atom is -0.462 e. The van der Waals surface area contributed by atoms with E-state index in [1.807, 2.05) is 18.2 Å². The van der Waals surface area contributed by atoms with Crippen LogP contribution in [-0.4, -0.2) is 96.7 Å². The van der Waals surface area contributed by atoms with Gasteiger partial charge < -0.3 is 33.8 Å². The number of allylic oxidation sites excluding steroid dienone is 32. The average Bonchev–Trinajstić information content (AvgIpc) is 0.909. The van der Waals surface area contributed by atoms with Gasteiger partial charge in [-0.25, -0.2) is 9.13 Å². The largest absolute Gasteiger partial charge is 0.472 e. The first-order chi connectivity index (χ1) is 51.7. The standard InChI is InChI=1S/C87H138O17P2/c1-5-9-13-17-21-25-29-33-37-39-40-42-46-48-52-56-60-64-68-72-85(90)98-78-83(104-87(92)74-70-66-62-58-54-50-44-36-32-28-24-20-16-12-8-4)80-102-106(95,96)100-76-81(88)75-99-105(93,94)101-79-82(103-86(91)73-69-65-61-57-53-49-43-35-31-27-23-19-15-11-7-3)77-97-84(89)71-67-63-59-55-51-47-45-41-38-34-30-26-22-18-14-10-6-2/h9-16,21-28,33-38,40,42-44,48,52-53,57,60,64,81-83,88H,5-8,17-20,29-32,39,41,45-47,49-51,54-56,58-59,61-63,65-80H2,1-4H3,(H,93,94)(H,95,96)/b13-9-,14-10-,15-11-,16-12-,25-21-,26-22-,27-23-,28-24-,37-33-,38-34-,42-40-,43-35-,44-36-,52-48-,57-53-,64-60-. The number of carbonyl (C=O) groups excluding carboxylic acids is 4. The second kappa shape index (κ2) is 77.1. The Morgan fingerprint density at radius 2 is 0.481 bits per heavy atom. The van der Waals surface area contributed by atoms with Crippen molar-refractivity contribution in [2.75, 3.05) is 39.6 Å². The number of aliphatic hydroxyl groups excluding tert-OH is 1. The molecule has 17 nitrogen and oxygen atoms in total. The van der Waals surface area contributed by atoms with E-state index in [4.69, 9.17) is 37.0 Å². The van der Waals surface area contributed by atoms with Crippen molar-refractivity contribution in [2.45, 2.75) is 290 Å². The zero-order valence-electron chi connectivity index (χ0n) is 65.3. The molecule has 106 heavy (non-hydrogen) atoms. The molecule has 5 atom stereocenters. The number of aliphatic hydroxyl groups is 1. The molecule has 0 saturated heterocycles. The molecule has 19 heteroatoms.